The number of carbonyl (C=O) groups excluding carboxylic acids is 2. The monoisotopic (exact) mass is 431 g/mol. The Bertz CT molecular complexity index is 1060. The Kier molecular flexibility index (Phi) is 4.70. The van der Waals surface area contributed by atoms with Crippen molar-refractivity contribution in [3.8, 4) is 0 Å². The lowest BCUT2D eigenvalue weighted by Crippen LogP contribution is -2.57. The lowest BCUT2D eigenvalue weighted by Gasteiger charge is -2.55. The first-order valence-corrected chi connectivity index (χ1v) is 12.4. The SMILES string of the molecule is CC(NC(=O)C12CC3CC(CC(C3)C1)C2)C(=O)N1CC=C(c2c[nH]c3ccccc23)CC1. The number of aromatic nitrogens is 1. The summed E-state index contributed by atoms with van der Waals surface area (Å²) in [5, 5.41) is 4.37. The molecule has 4 aliphatic carbocycles. The molecule has 2 N–H and O–H groups in total. The van der Waals surface area contributed by atoms with E-state index in [4.69, 9.17) is 0 Å². The third-order valence-electron chi connectivity index (χ3n) is 8.69. The Morgan fingerprint density at radius 1 is 1.09 bits per heavy atom. The molecule has 1 aromatic heterocycles. The molecule has 4 saturated carbocycles. The fourth-order valence-corrected chi connectivity index (χ4v) is 7.53. The van der Waals surface area contributed by atoms with Crippen molar-refractivity contribution < 1.29 is 9.59 Å². The van der Waals surface area contributed by atoms with Gasteiger partial charge in [0.15, 0.2) is 0 Å². The molecule has 0 spiro atoms. The number of hydrogen-bond acceptors (Lipinski definition) is 2. The maximum absolute atomic E-state index is 13.3. The first kappa shape index (κ1) is 20.1. The van der Waals surface area contributed by atoms with Crippen molar-refractivity contribution in [2.45, 2.75) is 57.9 Å². The summed E-state index contributed by atoms with van der Waals surface area (Å²) in [4.78, 5) is 31.7. The Hall–Kier alpha value is -2.56. The predicted molar refractivity (Wildman–Crippen MR) is 126 cm³/mol. The minimum absolute atomic E-state index is 0.0392. The number of para-hydroxylation sites is 1. The summed E-state index contributed by atoms with van der Waals surface area (Å²) in [6, 6.07) is 7.87. The first-order chi connectivity index (χ1) is 15.5. The van der Waals surface area contributed by atoms with Crippen molar-refractivity contribution in [3.63, 3.8) is 0 Å². The second-order valence-electron chi connectivity index (χ2n) is 10.9. The minimum atomic E-state index is -0.460. The van der Waals surface area contributed by atoms with E-state index in [0.29, 0.717) is 13.1 Å². The van der Waals surface area contributed by atoms with Gasteiger partial charge in [-0.25, -0.2) is 0 Å². The number of nitrogens with one attached hydrogen (secondary N) is 2. The molecule has 4 fully saturated rings. The van der Waals surface area contributed by atoms with E-state index in [2.05, 4.69) is 40.8 Å². The molecule has 32 heavy (non-hydrogen) atoms. The maximum atomic E-state index is 13.3. The summed E-state index contributed by atoms with van der Waals surface area (Å²) in [5.74, 6) is 2.37. The van der Waals surface area contributed by atoms with Gasteiger partial charge in [0.05, 0.1) is 0 Å². The normalized spacial score (nSPS) is 32.1. The molecule has 168 valence electrons. The second-order valence-corrected chi connectivity index (χ2v) is 10.9. The van der Waals surface area contributed by atoms with E-state index in [1.54, 1.807) is 0 Å². The van der Waals surface area contributed by atoms with Gasteiger partial charge in [-0.05, 0) is 81.3 Å². The van der Waals surface area contributed by atoms with E-state index in [-0.39, 0.29) is 17.2 Å². The van der Waals surface area contributed by atoms with E-state index in [9.17, 15) is 9.59 Å². The van der Waals surface area contributed by atoms with Crippen molar-refractivity contribution >= 4 is 28.3 Å². The third-order valence-corrected chi connectivity index (χ3v) is 8.69. The van der Waals surface area contributed by atoms with Crippen LogP contribution in [0.25, 0.3) is 16.5 Å². The van der Waals surface area contributed by atoms with Crippen molar-refractivity contribution in [1.29, 1.82) is 0 Å². The predicted octanol–water partition coefficient (Wildman–Crippen LogP) is 4.50. The van der Waals surface area contributed by atoms with Crippen molar-refractivity contribution in [1.82, 2.24) is 15.2 Å². The van der Waals surface area contributed by atoms with Gasteiger partial charge in [0.2, 0.25) is 11.8 Å². The highest BCUT2D eigenvalue weighted by molar-refractivity contribution is 5.94. The molecule has 0 radical (unpaired) electrons. The van der Waals surface area contributed by atoms with Crippen LogP contribution in [-0.4, -0.2) is 40.8 Å². The summed E-state index contributed by atoms with van der Waals surface area (Å²) in [6.45, 7) is 3.16. The Labute approximate surface area is 189 Å². The Morgan fingerprint density at radius 3 is 2.44 bits per heavy atom. The third kappa shape index (κ3) is 3.28. The van der Waals surface area contributed by atoms with Gasteiger partial charge < -0.3 is 15.2 Å². The zero-order valence-electron chi connectivity index (χ0n) is 18.9. The highest BCUT2D eigenvalue weighted by Gasteiger charge is 2.54. The van der Waals surface area contributed by atoms with Crippen LogP contribution >= 0.6 is 0 Å². The van der Waals surface area contributed by atoms with Crippen LogP contribution in [0, 0.1) is 23.2 Å². The molecular weight excluding hydrogens is 398 g/mol. The van der Waals surface area contributed by atoms with Gasteiger partial charge in [0, 0.05) is 41.2 Å². The number of hydrogen-bond donors (Lipinski definition) is 2. The summed E-state index contributed by atoms with van der Waals surface area (Å²) < 4.78 is 0. The van der Waals surface area contributed by atoms with Crippen LogP contribution in [0.5, 0.6) is 0 Å². The maximum Gasteiger partial charge on any atom is 0.245 e. The quantitative estimate of drug-likeness (QED) is 0.748. The molecule has 5 aliphatic rings. The second kappa shape index (κ2) is 7.50. The molecule has 5 nitrogen and oxygen atoms in total. The fraction of sp³-hybridized carbons (Fsp3) is 0.556. The molecule has 4 bridgehead atoms. The van der Waals surface area contributed by atoms with Crippen molar-refractivity contribution in [2.75, 3.05) is 13.1 Å². The average molecular weight is 432 g/mol. The molecule has 0 saturated heterocycles. The summed E-state index contributed by atoms with van der Waals surface area (Å²) >= 11 is 0. The van der Waals surface area contributed by atoms with E-state index in [0.717, 1.165) is 49.0 Å². The zero-order chi connectivity index (χ0) is 21.9. The fourth-order valence-electron chi connectivity index (χ4n) is 7.53. The number of carbonyl (C=O) groups is 2. The van der Waals surface area contributed by atoms with Gasteiger partial charge in [0.25, 0.3) is 0 Å². The van der Waals surface area contributed by atoms with Gasteiger partial charge in [-0.1, -0.05) is 24.3 Å². The molecule has 7 rings (SSSR count). The molecule has 5 heteroatoms. The smallest absolute Gasteiger partial charge is 0.245 e. The molecule has 2 heterocycles. The number of benzene rings is 1. The molecule has 1 atom stereocenters. The van der Waals surface area contributed by atoms with Crippen LogP contribution < -0.4 is 5.32 Å². The zero-order valence-corrected chi connectivity index (χ0v) is 18.9. The summed E-state index contributed by atoms with van der Waals surface area (Å²) in [7, 11) is 0. The molecule has 2 amide bonds. The number of H-pyrrole nitrogens is 1. The first-order valence-electron chi connectivity index (χ1n) is 12.4. The molecule has 1 aromatic carbocycles. The van der Waals surface area contributed by atoms with Gasteiger partial charge in [-0.3, -0.25) is 9.59 Å². The summed E-state index contributed by atoms with van der Waals surface area (Å²) in [5.41, 5.74) is 3.46. The molecular formula is C27H33N3O2. The lowest BCUT2D eigenvalue weighted by atomic mass is 9.49. The molecule has 2 aromatic rings. The standard InChI is InChI=1S/C27H33N3O2/c1-17(29-26(32)27-13-18-10-19(14-27)12-20(11-18)15-27)25(31)30-8-6-21(7-9-30)23-16-28-24-5-3-2-4-22(23)24/h2-6,16-20,28H,7-15H2,1H3,(H,29,32). The number of rotatable bonds is 4. The largest absolute Gasteiger partial charge is 0.361 e. The van der Waals surface area contributed by atoms with Gasteiger partial charge in [-0.2, -0.15) is 0 Å². The van der Waals surface area contributed by atoms with Crippen LogP contribution in [0.3, 0.4) is 0 Å². The Balaban J connectivity index is 1.11. The van der Waals surface area contributed by atoms with Crippen LogP contribution in [-0.2, 0) is 9.59 Å². The summed E-state index contributed by atoms with van der Waals surface area (Å²) in [6.07, 6.45) is 12.1. The number of amides is 2. The number of aromatic amines is 1. The van der Waals surface area contributed by atoms with Gasteiger partial charge >= 0.3 is 0 Å². The van der Waals surface area contributed by atoms with E-state index < -0.39 is 6.04 Å². The van der Waals surface area contributed by atoms with E-state index in [1.807, 2.05) is 17.9 Å². The van der Waals surface area contributed by atoms with Crippen LogP contribution in [0.2, 0.25) is 0 Å². The topological polar surface area (TPSA) is 65.2 Å². The highest BCUT2D eigenvalue weighted by Crippen LogP contribution is 2.60. The van der Waals surface area contributed by atoms with E-state index in [1.165, 1.54) is 35.8 Å². The van der Waals surface area contributed by atoms with Crippen LogP contribution in [0.15, 0.2) is 36.5 Å². The van der Waals surface area contributed by atoms with Crippen molar-refractivity contribution in [3.05, 3.63) is 42.1 Å². The van der Waals surface area contributed by atoms with Crippen LogP contribution in [0.4, 0.5) is 0 Å². The van der Waals surface area contributed by atoms with E-state index >= 15 is 0 Å². The van der Waals surface area contributed by atoms with Gasteiger partial charge in [-0.15, -0.1) is 0 Å². The molecule has 1 aliphatic heterocycles. The number of nitrogens with zero attached hydrogens (tertiary/aromatic N) is 1. The van der Waals surface area contributed by atoms with Crippen LogP contribution in [0.1, 0.15) is 57.4 Å². The minimum Gasteiger partial charge on any atom is -0.361 e. The highest BCUT2D eigenvalue weighted by atomic mass is 16.2. The Morgan fingerprint density at radius 2 is 1.78 bits per heavy atom. The van der Waals surface area contributed by atoms with Gasteiger partial charge in [0.1, 0.15) is 6.04 Å². The molecule has 1 unspecified atom stereocenters. The number of fused-ring (bicyclic) bond motifs is 1. The average Bonchev–Trinajstić information content (AvgIpc) is 3.22. The lowest BCUT2D eigenvalue weighted by molar-refractivity contribution is -0.149. The van der Waals surface area contributed by atoms with Crippen molar-refractivity contribution in [2.24, 2.45) is 23.2 Å².